The highest BCUT2D eigenvalue weighted by Crippen LogP contribution is 2.33. The van der Waals surface area contributed by atoms with E-state index in [0.29, 0.717) is 18.7 Å². The summed E-state index contributed by atoms with van der Waals surface area (Å²) in [4.78, 5) is 22.2. The summed E-state index contributed by atoms with van der Waals surface area (Å²) in [6.45, 7) is 6.22. The molecule has 118 valence electrons. The number of carbonyl (C=O) groups excluding carboxylic acids is 1. The van der Waals surface area contributed by atoms with Crippen molar-refractivity contribution in [3.05, 3.63) is 34.7 Å². The minimum absolute atomic E-state index is 0.0105. The van der Waals surface area contributed by atoms with E-state index in [0.717, 1.165) is 17.2 Å². The largest absolute Gasteiger partial charge is 0.380 e. The first kappa shape index (κ1) is 14.8. The van der Waals surface area contributed by atoms with E-state index in [1.807, 2.05) is 13.8 Å². The van der Waals surface area contributed by atoms with Gasteiger partial charge in [-0.2, -0.15) is 0 Å². The Labute approximate surface area is 128 Å². The summed E-state index contributed by atoms with van der Waals surface area (Å²) in [5, 5.41) is 3.79. The van der Waals surface area contributed by atoms with Crippen molar-refractivity contribution in [1.29, 1.82) is 0 Å². The number of amides is 1. The fourth-order valence-corrected chi connectivity index (χ4v) is 2.79. The Morgan fingerprint density at radius 3 is 2.77 bits per heavy atom. The van der Waals surface area contributed by atoms with Gasteiger partial charge in [0.25, 0.3) is 5.91 Å². The number of aromatic amines is 1. The molecule has 1 fully saturated rings. The number of ether oxygens (including phenoxy) is 1. The van der Waals surface area contributed by atoms with Gasteiger partial charge in [0.2, 0.25) is 5.76 Å². The first-order valence-corrected chi connectivity index (χ1v) is 7.29. The number of nitrogens with one attached hydrogen (secondary N) is 1. The van der Waals surface area contributed by atoms with Gasteiger partial charge in [-0.25, -0.2) is 4.98 Å². The number of rotatable bonds is 3. The van der Waals surface area contributed by atoms with E-state index < -0.39 is 0 Å². The molecule has 1 saturated heterocycles. The maximum atomic E-state index is 12.7. The lowest BCUT2D eigenvalue weighted by molar-refractivity contribution is 0.0645. The van der Waals surface area contributed by atoms with Crippen LogP contribution in [0.5, 0.6) is 0 Å². The first-order valence-electron chi connectivity index (χ1n) is 7.29. The molecule has 0 radical (unpaired) electrons. The molecule has 7 nitrogen and oxygen atoms in total. The molecule has 0 aliphatic carbocycles. The zero-order valence-electron chi connectivity index (χ0n) is 13.2. The SMILES string of the molecule is CO[C@@H]1C[C@@H](c2nc(C)c(C)[nH]2)N(C(=O)c2cc(C)no2)C1. The van der Waals surface area contributed by atoms with Gasteiger partial charge in [-0.1, -0.05) is 5.16 Å². The average molecular weight is 304 g/mol. The van der Waals surface area contributed by atoms with Crippen LogP contribution in [-0.2, 0) is 4.74 Å². The normalized spacial score (nSPS) is 21.5. The number of H-pyrrole nitrogens is 1. The Morgan fingerprint density at radius 2 is 2.23 bits per heavy atom. The molecule has 3 heterocycles. The number of aryl methyl sites for hydroxylation is 3. The lowest BCUT2D eigenvalue weighted by Crippen LogP contribution is -2.32. The van der Waals surface area contributed by atoms with Crippen molar-refractivity contribution < 1.29 is 14.1 Å². The summed E-state index contributed by atoms with van der Waals surface area (Å²) in [5.41, 5.74) is 2.64. The number of hydrogen-bond donors (Lipinski definition) is 1. The zero-order chi connectivity index (χ0) is 15.9. The molecule has 3 rings (SSSR count). The maximum Gasteiger partial charge on any atom is 0.293 e. The molecule has 0 aromatic carbocycles. The van der Waals surface area contributed by atoms with Crippen molar-refractivity contribution in [2.45, 2.75) is 39.3 Å². The van der Waals surface area contributed by atoms with Gasteiger partial charge in [-0.15, -0.1) is 0 Å². The van der Waals surface area contributed by atoms with Gasteiger partial charge in [0.1, 0.15) is 5.82 Å². The van der Waals surface area contributed by atoms with Crippen LogP contribution in [-0.4, -0.2) is 45.7 Å². The smallest absolute Gasteiger partial charge is 0.293 e. The van der Waals surface area contributed by atoms with Crippen LogP contribution in [0.15, 0.2) is 10.6 Å². The minimum atomic E-state index is -0.183. The van der Waals surface area contributed by atoms with Crippen molar-refractivity contribution in [1.82, 2.24) is 20.0 Å². The molecule has 0 saturated carbocycles. The fourth-order valence-electron chi connectivity index (χ4n) is 2.79. The van der Waals surface area contributed by atoms with Crippen molar-refractivity contribution in [2.24, 2.45) is 0 Å². The van der Waals surface area contributed by atoms with Crippen LogP contribution in [0, 0.1) is 20.8 Å². The van der Waals surface area contributed by atoms with Gasteiger partial charge < -0.3 is 19.1 Å². The molecule has 2 aromatic heterocycles. The summed E-state index contributed by atoms with van der Waals surface area (Å²) in [6, 6.07) is 1.51. The number of aromatic nitrogens is 3. The third-order valence-corrected chi connectivity index (χ3v) is 4.16. The first-order chi connectivity index (χ1) is 10.5. The lowest BCUT2D eigenvalue weighted by atomic mass is 10.2. The highest BCUT2D eigenvalue weighted by Gasteiger charge is 2.39. The lowest BCUT2D eigenvalue weighted by Gasteiger charge is -2.21. The molecular formula is C15H20N4O3. The summed E-state index contributed by atoms with van der Waals surface area (Å²) in [5.74, 6) is 0.857. The fraction of sp³-hybridized carbons (Fsp3) is 0.533. The van der Waals surface area contributed by atoms with Crippen molar-refractivity contribution in [3.63, 3.8) is 0 Å². The van der Waals surface area contributed by atoms with Crippen LogP contribution in [0.3, 0.4) is 0 Å². The van der Waals surface area contributed by atoms with E-state index in [1.54, 1.807) is 25.0 Å². The predicted octanol–water partition coefficient (Wildman–Crippen LogP) is 1.93. The Kier molecular flexibility index (Phi) is 3.74. The molecule has 2 aromatic rings. The van der Waals surface area contributed by atoms with Crippen LogP contribution in [0.25, 0.3) is 0 Å². The average Bonchev–Trinajstić information content (AvgIpc) is 3.18. The summed E-state index contributed by atoms with van der Waals surface area (Å²) in [6.07, 6.45) is 0.700. The highest BCUT2D eigenvalue weighted by atomic mass is 16.5. The van der Waals surface area contributed by atoms with Crippen molar-refractivity contribution in [3.8, 4) is 0 Å². The summed E-state index contributed by atoms with van der Waals surface area (Å²) < 4.78 is 10.5. The third-order valence-electron chi connectivity index (χ3n) is 4.16. The monoisotopic (exact) mass is 304 g/mol. The highest BCUT2D eigenvalue weighted by molar-refractivity contribution is 5.92. The van der Waals surface area contributed by atoms with Crippen LogP contribution in [0.1, 0.15) is 45.9 Å². The number of imidazole rings is 1. The van der Waals surface area contributed by atoms with Gasteiger partial charge in [0.15, 0.2) is 0 Å². The molecule has 0 spiro atoms. The van der Waals surface area contributed by atoms with Crippen LogP contribution >= 0.6 is 0 Å². The quantitative estimate of drug-likeness (QED) is 0.936. The molecule has 0 bridgehead atoms. The second-order valence-corrected chi connectivity index (χ2v) is 5.73. The topological polar surface area (TPSA) is 84.2 Å². The Hall–Kier alpha value is -2.15. The number of methoxy groups -OCH3 is 1. The summed E-state index contributed by atoms with van der Waals surface area (Å²) >= 11 is 0. The zero-order valence-corrected chi connectivity index (χ0v) is 13.2. The van der Waals surface area contributed by atoms with E-state index in [-0.39, 0.29) is 23.8 Å². The van der Waals surface area contributed by atoms with E-state index >= 15 is 0 Å². The number of carbonyl (C=O) groups is 1. The van der Waals surface area contributed by atoms with E-state index in [9.17, 15) is 4.79 Å². The van der Waals surface area contributed by atoms with Gasteiger partial charge in [-0.05, 0) is 20.8 Å². The molecule has 7 heteroatoms. The van der Waals surface area contributed by atoms with Crippen LogP contribution in [0.4, 0.5) is 0 Å². The third kappa shape index (κ3) is 2.52. The van der Waals surface area contributed by atoms with Crippen LogP contribution in [0.2, 0.25) is 0 Å². The number of likely N-dealkylation sites (tertiary alicyclic amines) is 1. The van der Waals surface area contributed by atoms with Gasteiger partial charge in [0, 0.05) is 31.8 Å². The molecule has 1 amide bonds. The molecule has 1 aliphatic rings. The minimum Gasteiger partial charge on any atom is -0.380 e. The molecule has 22 heavy (non-hydrogen) atoms. The van der Waals surface area contributed by atoms with E-state index in [2.05, 4.69) is 15.1 Å². The Bertz CT molecular complexity index is 671. The van der Waals surface area contributed by atoms with Crippen molar-refractivity contribution >= 4 is 5.91 Å². The van der Waals surface area contributed by atoms with E-state index in [1.165, 1.54) is 0 Å². The molecule has 0 unspecified atom stereocenters. The molecular weight excluding hydrogens is 284 g/mol. The van der Waals surface area contributed by atoms with Crippen molar-refractivity contribution in [2.75, 3.05) is 13.7 Å². The van der Waals surface area contributed by atoms with Gasteiger partial charge in [-0.3, -0.25) is 4.79 Å². The Morgan fingerprint density at radius 1 is 1.45 bits per heavy atom. The van der Waals surface area contributed by atoms with Gasteiger partial charge >= 0.3 is 0 Å². The predicted molar refractivity (Wildman–Crippen MR) is 78.5 cm³/mol. The van der Waals surface area contributed by atoms with Gasteiger partial charge in [0.05, 0.1) is 23.5 Å². The Balaban J connectivity index is 1.91. The number of nitrogens with zero attached hydrogens (tertiary/aromatic N) is 3. The molecule has 1 aliphatic heterocycles. The second-order valence-electron chi connectivity index (χ2n) is 5.73. The van der Waals surface area contributed by atoms with E-state index in [4.69, 9.17) is 9.26 Å². The standard InChI is InChI=1S/C15H20N4O3/c1-8-5-13(22-18-8)15(20)19-7-11(21-4)6-12(19)14-16-9(2)10(3)17-14/h5,11-12H,6-7H2,1-4H3,(H,16,17)/t11-,12+/m1/s1. The summed E-state index contributed by atoms with van der Waals surface area (Å²) in [7, 11) is 1.66. The number of hydrogen-bond acceptors (Lipinski definition) is 5. The second kappa shape index (κ2) is 5.57. The van der Waals surface area contributed by atoms with Crippen LogP contribution < -0.4 is 0 Å². The molecule has 1 N–H and O–H groups in total. The molecule has 2 atom stereocenters. The maximum absolute atomic E-state index is 12.7.